The van der Waals surface area contributed by atoms with Crippen LogP contribution in [0.2, 0.25) is 0 Å². The molecule has 1 aliphatic heterocycles. The molecule has 1 aliphatic carbocycles. The van der Waals surface area contributed by atoms with Gasteiger partial charge in [-0.3, -0.25) is 0 Å². The molecule has 0 atom stereocenters. The number of hydrogen-bond donors (Lipinski definition) is 2. The smallest absolute Gasteiger partial charge is 0.316 e. The fourth-order valence-corrected chi connectivity index (χ4v) is 4.31. The van der Waals surface area contributed by atoms with Crippen molar-refractivity contribution in [3.8, 4) is 0 Å². The number of carbonyl (C=O) groups is 1. The highest BCUT2D eigenvalue weighted by atomic mass is 19.1. The molecule has 0 radical (unpaired) electrons. The Hall–Kier alpha value is -3.30. The molecule has 1 saturated carbocycles. The quantitative estimate of drug-likeness (QED) is 0.652. The third kappa shape index (κ3) is 5.74. The number of halogens is 2. The summed E-state index contributed by atoms with van der Waals surface area (Å²) in [4.78, 5) is 27.6. The van der Waals surface area contributed by atoms with Crippen molar-refractivity contribution in [3.05, 3.63) is 47.3 Å². The highest BCUT2D eigenvalue weighted by Crippen LogP contribution is 2.34. The maximum Gasteiger partial charge on any atom is 0.316 e. The molecule has 2 fully saturated rings. The fourth-order valence-electron chi connectivity index (χ4n) is 4.31. The summed E-state index contributed by atoms with van der Waals surface area (Å²) in [6.45, 7) is 3.60. The number of primary amides is 1. The molecule has 2 heterocycles. The molecule has 1 saturated heterocycles. The monoisotopic (exact) mass is 458 g/mol. The number of oxime groups is 1. The molecule has 1 aromatic heterocycles. The van der Waals surface area contributed by atoms with Crippen LogP contribution < -0.4 is 16.0 Å². The summed E-state index contributed by atoms with van der Waals surface area (Å²) in [5.74, 6) is -0.883. The first-order chi connectivity index (χ1) is 15.9. The summed E-state index contributed by atoms with van der Waals surface area (Å²) in [6.07, 6.45) is 8.29. The lowest BCUT2D eigenvalue weighted by atomic mass is 9.83. The third-order valence-electron chi connectivity index (χ3n) is 6.17. The van der Waals surface area contributed by atoms with E-state index in [9.17, 15) is 13.6 Å². The van der Waals surface area contributed by atoms with E-state index in [-0.39, 0.29) is 12.0 Å². The van der Waals surface area contributed by atoms with Crippen LogP contribution in [0, 0.1) is 18.6 Å². The SMILES string of the molecule is Cc1cnc(N2CCC(ON=C3CCC(c4cc(F)c(NC(N)=O)c(F)c4)CC3)CC2)nc1. The molecule has 1 aromatic carbocycles. The van der Waals surface area contributed by atoms with Crippen LogP contribution in [-0.4, -0.2) is 40.9 Å². The van der Waals surface area contributed by atoms with Crippen LogP contribution in [0.25, 0.3) is 0 Å². The average Bonchev–Trinajstić information content (AvgIpc) is 2.81. The molecule has 176 valence electrons. The van der Waals surface area contributed by atoms with Gasteiger partial charge in [-0.15, -0.1) is 0 Å². The van der Waals surface area contributed by atoms with Crippen molar-refractivity contribution < 1.29 is 18.4 Å². The van der Waals surface area contributed by atoms with E-state index in [1.54, 1.807) is 0 Å². The minimum Gasteiger partial charge on any atom is -0.392 e. The van der Waals surface area contributed by atoms with Crippen molar-refractivity contribution in [1.82, 2.24) is 9.97 Å². The van der Waals surface area contributed by atoms with E-state index in [1.165, 1.54) is 12.1 Å². The summed E-state index contributed by atoms with van der Waals surface area (Å²) in [5, 5.41) is 6.37. The molecule has 10 heteroatoms. The Kier molecular flexibility index (Phi) is 7.00. The Balaban J connectivity index is 1.26. The first kappa shape index (κ1) is 22.9. The van der Waals surface area contributed by atoms with Crippen molar-refractivity contribution in [2.75, 3.05) is 23.3 Å². The number of aryl methyl sites for hydroxylation is 1. The molecule has 0 spiro atoms. The van der Waals surface area contributed by atoms with Crippen LogP contribution >= 0.6 is 0 Å². The second-order valence-electron chi connectivity index (χ2n) is 8.63. The summed E-state index contributed by atoms with van der Waals surface area (Å²) >= 11 is 0. The number of aromatic nitrogens is 2. The van der Waals surface area contributed by atoms with Gasteiger partial charge in [-0.05, 0) is 61.8 Å². The second kappa shape index (κ2) is 10.1. The van der Waals surface area contributed by atoms with Crippen molar-refractivity contribution in [2.24, 2.45) is 10.9 Å². The van der Waals surface area contributed by atoms with Crippen LogP contribution in [0.15, 0.2) is 29.7 Å². The number of hydrogen-bond acceptors (Lipinski definition) is 6. The van der Waals surface area contributed by atoms with Gasteiger partial charge in [-0.1, -0.05) is 5.16 Å². The highest BCUT2D eigenvalue weighted by Gasteiger charge is 2.25. The second-order valence-corrected chi connectivity index (χ2v) is 8.63. The summed E-state index contributed by atoms with van der Waals surface area (Å²) in [6, 6.07) is 1.53. The lowest BCUT2D eigenvalue weighted by molar-refractivity contribution is 0.0406. The van der Waals surface area contributed by atoms with Crippen LogP contribution in [0.4, 0.5) is 25.2 Å². The lowest BCUT2D eigenvalue weighted by Crippen LogP contribution is -2.37. The third-order valence-corrected chi connectivity index (χ3v) is 6.17. The predicted octanol–water partition coefficient (Wildman–Crippen LogP) is 4.25. The molecule has 33 heavy (non-hydrogen) atoms. The molecular weight excluding hydrogens is 430 g/mol. The molecule has 3 N–H and O–H groups in total. The van der Waals surface area contributed by atoms with Gasteiger partial charge in [0.1, 0.15) is 23.4 Å². The lowest BCUT2D eigenvalue weighted by Gasteiger charge is -2.31. The Labute approximate surface area is 191 Å². The minimum absolute atomic E-state index is 0.0216. The van der Waals surface area contributed by atoms with E-state index in [0.717, 1.165) is 56.0 Å². The van der Waals surface area contributed by atoms with Gasteiger partial charge in [0.15, 0.2) is 0 Å². The Morgan fingerprint density at radius 3 is 2.30 bits per heavy atom. The molecule has 2 aliphatic rings. The Morgan fingerprint density at radius 1 is 1.12 bits per heavy atom. The zero-order valence-electron chi connectivity index (χ0n) is 18.6. The number of carbonyl (C=O) groups excluding carboxylic acids is 1. The number of urea groups is 1. The number of amides is 2. The molecule has 2 amide bonds. The summed E-state index contributed by atoms with van der Waals surface area (Å²) in [5.41, 5.74) is 7.03. The molecule has 4 rings (SSSR count). The number of rotatable bonds is 5. The standard InChI is InChI=1S/C23H28F2N6O2/c1-14-12-27-23(28-13-14)31-8-6-18(7-9-31)33-30-17-4-2-15(3-5-17)16-10-19(24)21(20(25)11-16)29-22(26)32/h10-13,15,18H,2-9H2,1H3,(H3,26,29,32). The molecular formula is C23H28F2N6O2. The maximum atomic E-state index is 14.2. The number of piperidine rings is 1. The predicted molar refractivity (Wildman–Crippen MR) is 121 cm³/mol. The number of nitrogens with one attached hydrogen (secondary N) is 1. The van der Waals surface area contributed by atoms with Crippen molar-refractivity contribution in [1.29, 1.82) is 0 Å². The average molecular weight is 459 g/mol. The van der Waals surface area contributed by atoms with E-state index in [4.69, 9.17) is 10.6 Å². The van der Waals surface area contributed by atoms with Gasteiger partial charge in [-0.2, -0.15) is 0 Å². The van der Waals surface area contributed by atoms with Gasteiger partial charge in [0, 0.05) is 38.3 Å². The van der Waals surface area contributed by atoms with Crippen LogP contribution in [0.3, 0.4) is 0 Å². The van der Waals surface area contributed by atoms with E-state index in [2.05, 4.69) is 20.0 Å². The van der Waals surface area contributed by atoms with Crippen LogP contribution in [0.1, 0.15) is 55.6 Å². The van der Waals surface area contributed by atoms with Crippen molar-refractivity contribution in [2.45, 2.75) is 57.5 Å². The van der Waals surface area contributed by atoms with E-state index in [0.29, 0.717) is 18.4 Å². The van der Waals surface area contributed by atoms with Crippen molar-refractivity contribution in [3.63, 3.8) is 0 Å². The van der Waals surface area contributed by atoms with Gasteiger partial charge in [-0.25, -0.2) is 23.5 Å². The zero-order valence-corrected chi connectivity index (χ0v) is 18.6. The van der Waals surface area contributed by atoms with E-state index < -0.39 is 23.4 Å². The Morgan fingerprint density at radius 2 is 1.73 bits per heavy atom. The molecule has 2 aromatic rings. The van der Waals surface area contributed by atoms with E-state index >= 15 is 0 Å². The van der Waals surface area contributed by atoms with Gasteiger partial charge in [0.25, 0.3) is 0 Å². The largest absolute Gasteiger partial charge is 0.392 e. The minimum atomic E-state index is -1.01. The number of anilines is 2. The summed E-state index contributed by atoms with van der Waals surface area (Å²) < 4.78 is 28.4. The van der Waals surface area contributed by atoms with Gasteiger partial charge >= 0.3 is 6.03 Å². The first-order valence-corrected chi connectivity index (χ1v) is 11.2. The number of benzene rings is 1. The first-order valence-electron chi connectivity index (χ1n) is 11.2. The zero-order chi connectivity index (χ0) is 23.4. The van der Waals surface area contributed by atoms with Gasteiger partial charge < -0.3 is 20.8 Å². The molecule has 8 nitrogen and oxygen atoms in total. The van der Waals surface area contributed by atoms with Gasteiger partial charge in [0.2, 0.25) is 5.95 Å². The molecule has 0 unspecified atom stereocenters. The highest BCUT2D eigenvalue weighted by molar-refractivity contribution is 5.88. The number of nitrogens with zero attached hydrogens (tertiary/aromatic N) is 4. The van der Waals surface area contributed by atoms with Crippen LogP contribution in [0.5, 0.6) is 0 Å². The fraction of sp³-hybridized carbons (Fsp3) is 0.478. The number of nitrogens with two attached hydrogens (primary N) is 1. The van der Waals surface area contributed by atoms with Crippen molar-refractivity contribution >= 4 is 23.4 Å². The topological polar surface area (TPSA) is 106 Å². The van der Waals surface area contributed by atoms with Crippen LogP contribution in [-0.2, 0) is 4.84 Å². The van der Waals surface area contributed by atoms with E-state index in [1.807, 2.05) is 24.6 Å². The Bertz CT molecular complexity index is 989. The maximum absolute atomic E-state index is 14.2. The summed E-state index contributed by atoms with van der Waals surface area (Å²) in [7, 11) is 0. The van der Waals surface area contributed by atoms with Gasteiger partial charge in [0.05, 0.1) is 5.71 Å². The normalized spacial score (nSPS) is 19.3. The molecule has 0 bridgehead atoms.